The van der Waals surface area contributed by atoms with Crippen molar-refractivity contribution in [1.82, 2.24) is 5.32 Å². The van der Waals surface area contributed by atoms with Crippen molar-refractivity contribution in [3.05, 3.63) is 48.6 Å². The average Bonchev–Trinajstić information content (AvgIpc) is 3.37. The highest BCUT2D eigenvalue weighted by Gasteiger charge is 2.18. The van der Waals surface area contributed by atoms with Crippen molar-refractivity contribution in [1.29, 1.82) is 0 Å². The fraction of sp³-hybridized carbons (Fsp3) is 0.846. The van der Waals surface area contributed by atoms with Crippen molar-refractivity contribution < 1.29 is 24.5 Å². The van der Waals surface area contributed by atoms with E-state index in [-0.39, 0.29) is 18.5 Å². The number of allylic oxidation sites excluding steroid dienone is 7. The van der Waals surface area contributed by atoms with Gasteiger partial charge in [0, 0.05) is 12.8 Å². The average molecular weight is 997 g/mol. The minimum absolute atomic E-state index is 0.0123. The van der Waals surface area contributed by atoms with Gasteiger partial charge in [-0.2, -0.15) is 0 Å². The van der Waals surface area contributed by atoms with Crippen molar-refractivity contribution >= 4 is 11.9 Å². The van der Waals surface area contributed by atoms with E-state index < -0.39 is 12.1 Å². The summed E-state index contributed by atoms with van der Waals surface area (Å²) in [5.74, 6) is -0.0882. The van der Waals surface area contributed by atoms with Crippen LogP contribution in [0.25, 0.3) is 0 Å². The summed E-state index contributed by atoms with van der Waals surface area (Å²) in [6.07, 6.45) is 77.2. The van der Waals surface area contributed by atoms with Gasteiger partial charge < -0.3 is 20.3 Å². The Bertz CT molecular complexity index is 1190. The Kier molecular flexibility index (Phi) is 58.5. The molecule has 1 amide bonds. The number of ether oxygens (including phenoxy) is 1. The van der Waals surface area contributed by atoms with E-state index in [1.807, 2.05) is 6.08 Å². The fourth-order valence-electron chi connectivity index (χ4n) is 9.49. The van der Waals surface area contributed by atoms with Crippen LogP contribution in [-0.2, 0) is 14.3 Å². The number of rotatable bonds is 58. The van der Waals surface area contributed by atoms with Crippen LogP contribution in [0.2, 0.25) is 0 Å². The lowest BCUT2D eigenvalue weighted by Crippen LogP contribution is -2.45. The molecule has 0 aromatic heterocycles. The molecule has 0 saturated carbocycles. The minimum atomic E-state index is -0.853. The van der Waals surface area contributed by atoms with Gasteiger partial charge in [0.15, 0.2) is 0 Å². The predicted octanol–water partition coefficient (Wildman–Crippen LogP) is 19.7. The van der Waals surface area contributed by atoms with E-state index in [9.17, 15) is 19.8 Å². The molecule has 71 heavy (non-hydrogen) atoms. The summed E-state index contributed by atoms with van der Waals surface area (Å²) >= 11 is 0. The molecule has 0 radical (unpaired) electrons. The molecule has 0 aromatic carbocycles. The van der Waals surface area contributed by atoms with E-state index in [0.29, 0.717) is 19.4 Å². The summed E-state index contributed by atoms with van der Waals surface area (Å²) in [6.45, 7) is 4.84. The molecule has 2 atom stereocenters. The Hall–Kier alpha value is -2.18. The fourth-order valence-corrected chi connectivity index (χ4v) is 9.49. The lowest BCUT2D eigenvalue weighted by atomic mass is 10.0. The first-order valence-electron chi connectivity index (χ1n) is 31.4. The van der Waals surface area contributed by atoms with Crippen LogP contribution in [0.5, 0.6) is 0 Å². The number of amides is 1. The maximum Gasteiger partial charge on any atom is 0.305 e. The third-order valence-corrected chi connectivity index (χ3v) is 14.3. The van der Waals surface area contributed by atoms with Crippen molar-refractivity contribution in [2.24, 2.45) is 0 Å². The number of esters is 1. The van der Waals surface area contributed by atoms with E-state index in [0.717, 1.165) is 64.2 Å². The van der Waals surface area contributed by atoms with Gasteiger partial charge in [0.05, 0.1) is 25.4 Å². The minimum Gasteiger partial charge on any atom is -0.466 e. The number of aliphatic hydroxyl groups is 2. The molecule has 0 aliphatic heterocycles. The predicted molar refractivity (Wildman–Crippen MR) is 310 cm³/mol. The number of hydrogen-bond acceptors (Lipinski definition) is 5. The van der Waals surface area contributed by atoms with Gasteiger partial charge in [-0.15, -0.1) is 0 Å². The summed E-state index contributed by atoms with van der Waals surface area (Å²) in [4.78, 5) is 24.5. The van der Waals surface area contributed by atoms with Gasteiger partial charge in [-0.25, -0.2) is 0 Å². The quantitative estimate of drug-likeness (QED) is 0.0321. The summed E-state index contributed by atoms with van der Waals surface area (Å²) in [6, 6.07) is -0.637. The lowest BCUT2D eigenvalue weighted by molar-refractivity contribution is -0.143. The van der Waals surface area contributed by atoms with Gasteiger partial charge in [0.2, 0.25) is 5.91 Å². The first-order chi connectivity index (χ1) is 35.0. The number of aliphatic hydroxyl groups excluding tert-OH is 2. The first kappa shape index (κ1) is 68.8. The van der Waals surface area contributed by atoms with Crippen molar-refractivity contribution in [3.8, 4) is 0 Å². The zero-order valence-electron chi connectivity index (χ0n) is 47.5. The largest absolute Gasteiger partial charge is 0.466 e. The molecule has 0 heterocycles. The van der Waals surface area contributed by atoms with Gasteiger partial charge >= 0.3 is 5.97 Å². The van der Waals surface area contributed by atoms with E-state index in [1.54, 1.807) is 6.08 Å². The summed E-state index contributed by atoms with van der Waals surface area (Å²) in [5.41, 5.74) is 0. The van der Waals surface area contributed by atoms with Crippen LogP contribution in [0.15, 0.2) is 48.6 Å². The molecule has 0 fully saturated rings. The molecule has 0 bridgehead atoms. The van der Waals surface area contributed by atoms with Crippen LogP contribution in [0.1, 0.15) is 328 Å². The third kappa shape index (κ3) is 57.0. The van der Waals surface area contributed by atoms with E-state index in [2.05, 4.69) is 55.6 Å². The summed E-state index contributed by atoms with van der Waals surface area (Å²) in [7, 11) is 0. The highest BCUT2D eigenvalue weighted by molar-refractivity contribution is 5.76. The van der Waals surface area contributed by atoms with Gasteiger partial charge in [0.1, 0.15) is 0 Å². The molecular formula is C65H121NO5. The Morgan fingerprint density at radius 1 is 0.394 bits per heavy atom. The molecule has 0 aliphatic carbocycles. The number of unbranched alkanes of at least 4 members (excludes halogenated alkanes) is 41. The van der Waals surface area contributed by atoms with Gasteiger partial charge in [-0.1, -0.05) is 281 Å². The summed E-state index contributed by atoms with van der Waals surface area (Å²) in [5, 5.41) is 23.2. The number of carbonyl (C=O) groups is 2. The van der Waals surface area contributed by atoms with Gasteiger partial charge in [-0.3, -0.25) is 9.59 Å². The summed E-state index contributed by atoms with van der Waals surface area (Å²) < 4.78 is 5.46. The highest BCUT2D eigenvalue weighted by atomic mass is 16.5. The van der Waals surface area contributed by atoms with E-state index in [1.165, 1.54) is 238 Å². The molecule has 2 unspecified atom stereocenters. The van der Waals surface area contributed by atoms with Gasteiger partial charge in [0.25, 0.3) is 0 Å². The molecule has 6 heteroatoms. The van der Waals surface area contributed by atoms with Crippen LogP contribution in [-0.4, -0.2) is 47.4 Å². The zero-order chi connectivity index (χ0) is 51.4. The van der Waals surface area contributed by atoms with Crippen LogP contribution in [0, 0.1) is 0 Å². The molecule has 0 saturated heterocycles. The maximum atomic E-state index is 12.5. The van der Waals surface area contributed by atoms with Gasteiger partial charge in [-0.05, 0) is 83.5 Å². The van der Waals surface area contributed by atoms with E-state index >= 15 is 0 Å². The topological polar surface area (TPSA) is 95.9 Å². The Morgan fingerprint density at radius 3 is 1.14 bits per heavy atom. The van der Waals surface area contributed by atoms with Crippen LogP contribution >= 0.6 is 0 Å². The zero-order valence-corrected chi connectivity index (χ0v) is 47.5. The molecule has 6 nitrogen and oxygen atoms in total. The molecular weight excluding hydrogens is 875 g/mol. The first-order valence-corrected chi connectivity index (χ1v) is 31.4. The second-order valence-corrected chi connectivity index (χ2v) is 21.4. The Labute approximate surface area is 442 Å². The van der Waals surface area contributed by atoms with Crippen LogP contribution < -0.4 is 5.32 Å². The van der Waals surface area contributed by atoms with Crippen LogP contribution in [0.3, 0.4) is 0 Å². The number of nitrogens with one attached hydrogen (secondary N) is 1. The normalized spacial score (nSPS) is 12.9. The standard InChI is InChI=1S/C65H121NO5/c1-3-5-7-9-11-13-15-17-18-19-20-21-22-24-27-30-34-37-41-45-49-53-57-63(68)62(61-67)66-64(69)58-54-50-46-42-38-35-31-28-25-23-26-29-32-36-40-44-48-52-56-60-71-65(70)59-55-51-47-43-39-33-16-14-12-10-8-6-4-2/h8,10,14,16,23,25,53,57,62-63,67-68H,3-7,9,11-13,15,17-22,24,26-52,54-56,58-61H2,1-2H3,(H,66,69)/b10-8-,16-14-,25-23-,57-53+. The second kappa shape index (κ2) is 60.4. The number of hydrogen-bond donors (Lipinski definition) is 3. The molecule has 0 spiro atoms. The molecule has 3 N–H and O–H groups in total. The molecule has 416 valence electrons. The monoisotopic (exact) mass is 996 g/mol. The molecule has 0 aliphatic rings. The highest BCUT2D eigenvalue weighted by Crippen LogP contribution is 2.17. The Balaban J connectivity index is 3.49. The lowest BCUT2D eigenvalue weighted by Gasteiger charge is -2.20. The second-order valence-electron chi connectivity index (χ2n) is 21.4. The molecule has 0 rings (SSSR count). The SMILES string of the molecule is CCC/C=C\C/C=C\CCCCCCCC(=O)OCCCCCCCCCC/C=C\CCCCCCCCCC(=O)NC(CO)C(O)/C=C/CCCCCCCCCCCCCCCCCCCCCC. The third-order valence-electron chi connectivity index (χ3n) is 14.3. The van der Waals surface area contributed by atoms with Crippen molar-refractivity contribution in [2.75, 3.05) is 13.2 Å². The van der Waals surface area contributed by atoms with Crippen LogP contribution in [0.4, 0.5) is 0 Å². The smallest absolute Gasteiger partial charge is 0.305 e. The van der Waals surface area contributed by atoms with Crippen molar-refractivity contribution in [3.63, 3.8) is 0 Å². The molecule has 0 aromatic rings. The Morgan fingerprint density at radius 2 is 0.732 bits per heavy atom. The maximum absolute atomic E-state index is 12.5. The van der Waals surface area contributed by atoms with Crippen molar-refractivity contribution in [2.45, 2.75) is 341 Å². The number of carbonyl (C=O) groups excluding carboxylic acids is 2. The van der Waals surface area contributed by atoms with E-state index in [4.69, 9.17) is 4.74 Å².